The van der Waals surface area contributed by atoms with Gasteiger partial charge in [0.15, 0.2) is 0 Å². The molecule has 0 radical (unpaired) electrons. The normalized spacial score (nSPS) is 11.8. The van der Waals surface area contributed by atoms with E-state index in [1.807, 2.05) is 48.5 Å². The molecular formula is C23H19N2O5P. The van der Waals surface area contributed by atoms with Gasteiger partial charge in [-0.2, -0.15) is 0 Å². The highest BCUT2D eigenvalue weighted by atomic mass is 31.2. The minimum absolute atomic E-state index is 0.408. The Morgan fingerprint density at radius 3 is 2.55 bits per heavy atom. The molecule has 4 aromatic rings. The van der Waals surface area contributed by atoms with E-state index in [0.29, 0.717) is 16.9 Å². The molecule has 1 heterocycles. The van der Waals surface area contributed by atoms with Gasteiger partial charge >= 0.3 is 13.7 Å². The summed E-state index contributed by atoms with van der Waals surface area (Å²) in [5.41, 5.74) is 3.28. The first-order valence-corrected chi connectivity index (χ1v) is 11.0. The average Bonchev–Trinajstić information content (AvgIpc) is 2.76. The van der Waals surface area contributed by atoms with E-state index in [1.165, 1.54) is 13.2 Å². The van der Waals surface area contributed by atoms with Crippen LogP contribution in [0, 0.1) is 0 Å². The lowest BCUT2D eigenvalue weighted by atomic mass is 9.95. The first-order valence-electron chi connectivity index (χ1n) is 9.36. The number of anilines is 1. The Hall–Kier alpha value is -3.51. The van der Waals surface area contributed by atoms with Crippen LogP contribution in [-0.4, -0.2) is 28.0 Å². The van der Waals surface area contributed by atoms with Crippen LogP contribution in [-0.2, 0) is 9.30 Å². The lowest BCUT2D eigenvalue weighted by Gasteiger charge is -2.13. The molecular weight excluding hydrogens is 415 g/mol. The smallest absolute Gasteiger partial charge is 0.411 e. The lowest BCUT2D eigenvalue weighted by molar-refractivity contribution is 0.187. The van der Waals surface area contributed by atoms with Crippen molar-refractivity contribution in [2.24, 2.45) is 0 Å². The van der Waals surface area contributed by atoms with E-state index < -0.39 is 13.7 Å². The van der Waals surface area contributed by atoms with Gasteiger partial charge < -0.3 is 14.5 Å². The van der Waals surface area contributed by atoms with Crippen molar-refractivity contribution in [1.82, 2.24) is 4.98 Å². The maximum atomic E-state index is 11.8. The number of carbonyl (C=O) groups excluding carboxylic acids is 1. The summed E-state index contributed by atoms with van der Waals surface area (Å²) in [7, 11) is -3.01. The van der Waals surface area contributed by atoms with Crippen LogP contribution in [0.1, 0.15) is 5.69 Å². The van der Waals surface area contributed by atoms with Gasteiger partial charge in [0.05, 0.1) is 18.3 Å². The molecule has 0 unspecified atom stereocenters. The molecule has 0 atom stereocenters. The molecule has 0 aliphatic carbocycles. The average molecular weight is 434 g/mol. The minimum Gasteiger partial charge on any atom is -0.453 e. The largest absolute Gasteiger partial charge is 0.453 e. The van der Waals surface area contributed by atoms with E-state index in [2.05, 4.69) is 10.3 Å². The number of hydrogen-bond donors (Lipinski definition) is 3. The van der Waals surface area contributed by atoms with Gasteiger partial charge in [-0.15, -0.1) is 0 Å². The monoisotopic (exact) mass is 434 g/mol. The lowest BCUT2D eigenvalue weighted by Crippen LogP contribution is -2.11. The number of rotatable bonds is 4. The van der Waals surface area contributed by atoms with Crippen LogP contribution < -0.4 is 5.32 Å². The van der Waals surface area contributed by atoms with Crippen LogP contribution in [0.2, 0.25) is 0 Å². The van der Waals surface area contributed by atoms with E-state index in [1.54, 1.807) is 18.2 Å². The summed E-state index contributed by atoms with van der Waals surface area (Å²) < 4.78 is 15.9. The summed E-state index contributed by atoms with van der Waals surface area (Å²) in [6.07, 6.45) is 0.714. The highest BCUT2D eigenvalue weighted by Crippen LogP contribution is 2.38. The summed E-state index contributed by atoms with van der Waals surface area (Å²) in [5.74, 6) is 0.825. The van der Waals surface area contributed by atoms with Gasteiger partial charge in [0.25, 0.3) is 0 Å². The van der Waals surface area contributed by atoms with Gasteiger partial charge in [0.1, 0.15) is 0 Å². The molecule has 7 nitrogen and oxygen atoms in total. The van der Waals surface area contributed by atoms with Gasteiger partial charge in [-0.05, 0) is 40.6 Å². The molecule has 0 aliphatic rings. The fourth-order valence-corrected chi connectivity index (χ4v) is 3.77. The molecule has 0 bridgehead atoms. The molecule has 0 saturated heterocycles. The number of ether oxygens (including phenoxy) is 1. The molecule has 1 aromatic heterocycles. The van der Waals surface area contributed by atoms with Crippen molar-refractivity contribution in [1.29, 1.82) is 0 Å². The SMILES string of the molecule is COC(=O)Nc1cc(-c2cccc3ccccc23)c2nc(C=CP(=O)(O)O)ccc2c1. The van der Waals surface area contributed by atoms with E-state index in [4.69, 9.17) is 14.5 Å². The molecule has 0 saturated carbocycles. The predicted molar refractivity (Wildman–Crippen MR) is 122 cm³/mol. The van der Waals surface area contributed by atoms with Crippen molar-refractivity contribution in [3.8, 4) is 11.1 Å². The van der Waals surface area contributed by atoms with E-state index in [-0.39, 0.29) is 0 Å². The number of benzene rings is 3. The van der Waals surface area contributed by atoms with Crippen molar-refractivity contribution >= 4 is 47.1 Å². The summed E-state index contributed by atoms with van der Waals surface area (Å²) >= 11 is 0. The second-order valence-corrected chi connectivity index (χ2v) is 8.36. The van der Waals surface area contributed by atoms with Gasteiger partial charge in [-0.1, -0.05) is 48.5 Å². The number of hydrogen-bond acceptors (Lipinski definition) is 4. The Bertz CT molecular complexity index is 1370. The van der Waals surface area contributed by atoms with Crippen LogP contribution >= 0.6 is 7.60 Å². The predicted octanol–water partition coefficient (Wildman–Crippen LogP) is 5.38. The second-order valence-electron chi connectivity index (χ2n) is 6.88. The van der Waals surface area contributed by atoms with Crippen LogP contribution in [0.25, 0.3) is 38.9 Å². The highest BCUT2D eigenvalue weighted by molar-refractivity contribution is 7.55. The van der Waals surface area contributed by atoms with Gasteiger partial charge in [-0.25, -0.2) is 9.78 Å². The third-order valence-electron chi connectivity index (χ3n) is 4.77. The Morgan fingerprint density at radius 2 is 1.77 bits per heavy atom. The van der Waals surface area contributed by atoms with E-state index in [0.717, 1.165) is 33.1 Å². The van der Waals surface area contributed by atoms with Crippen LogP contribution in [0.5, 0.6) is 0 Å². The second kappa shape index (κ2) is 8.32. The van der Waals surface area contributed by atoms with Crippen molar-refractivity contribution in [3.63, 3.8) is 0 Å². The number of nitrogens with one attached hydrogen (secondary N) is 1. The molecule has 31 heavy (non-hydrogen) atoms. The van der Waals surface area contributed by atoms with Gasteiger partial charge in [-0.3, -0.25) is 9.88 Å². The van der Waals surface area contributed by atoms with Gasteiger partial charge in [0.2, 0.25) is 0 Å². The summed E-state index contributed by atoms with van der Waals surface area (Å²) in [5, 5.41) is 5.52. The van der Waals surface area contributed by atoms with Crippen LogP contribution in [0.3, 0.4) is 0 Å². The Labute approximate surface area is 178 Å². The first-order chi connectivity index (χ1) is 14.8. The van der Waals surface area contributed by atoms with Gasteiger partial charge in [0, 0.05) is 22.5 Å². The summed E-state index contributed by atoms with van der Waals surface area (Å²) in [6.45, 7) is 0. The van der Waals surface area contributed by atoms with Crippen molar-refractivity contribution in [2.75, 3.05) is 12.4 Å². The maximum Gasteiger partial charge on any atom is 0.411 e. The molecule has 3 aromatic carbocycles. The first kappa shape index (κ1) is 20.8. The summed E-state index contributed by atoms with van der Waals surface area (Å²) in [4.78, 5) is 34.7. The molecule has 156 valence electrons. The minimum atomic E-state index is -4.30. The number of methoxy groups -OCH3 is 1. The number of nitrogens with zero attached hydrogens (tertiary/aromatic N) is 1. The molecule has 4 rings (SSSR count). The number of carbonyl (C=O) groups is 1. The highest BCUT2D eigenvalue weighted by Gasteiger charge is 2.13. The van der Waals surface area contributed by atoms with Crippen molar-refractivity contribution < 1.29 is 23.9 Å². The molecule has 3 N–H and O–H groups in total. The third-order valence-corrected chi connectivity index (χ3v) is 5.30. The molecule has 8 heteroatoms. The standard InChI is InChI=1S/C23H19N2O5P/c1-30-23(26)25-18-13-16-9-10-17(11-12-31(27,28)29)24-22(16)21(14-18)20-8-4-6-15-5-2-3-7-19(15)20/h2-14H,1H3,(H,25,26)(H2,27,28,29). The Balaban J connectivity index is 1.97. The molecule has 0 aliphatic heterocycles. The van der Waals surface area contributed by atoms with Crippen molar-refractivity contribution in [3.05, 3.63) is 78.2 Å². The van der Waals surface area contributed by atoms with E-state index in [9.17, 15) is 9.36 Å². The molecule has 0 spiro atoms. The number of fused-ring (bicyclic) bond motifs is 2. The number of amides is 1. The number of aromatic nitrogens is 1. The van der Waals surface area contributed by atoms with Crippen LogP contribution in [0.15, 0.2) is 72.5 Å². The maximum absolute atomic E-state index is 11.8. The molecule has 1 amide bonds. The topological polar surface area (TPSA) is 109 Å². The zero-order valence-electron chi connectivity index (χ0n) is 16.5. The zero-order valence-corrected chi connectivity index (χ0v) is 17.4. The zero-order chi connectivity index (χ0) is 22.0. The summed E-state index contributed by atoms with van der Waals surface area (Å²) in [6, 6.07) is 20.9. The fraction of sp³-hybridized carbons (Fsp3) is 0.0435. The number of pyridine rings is 1. The third kappa shape index (κ3) is 4.64. The molecule has 0 fully saturated rings. The Morgan fingerprint density at radius 1 is 1.00 bits per heavy atom. The Kier molecular flexibility index (Phi) is 5.57. The van der Waals surface area contributed by atoms with Crippen molar-refractivity contribution in [2.45, 2.75) is 0 Å². The quantitative estimate of drug-likeness (QED) is 0.372. The van der Waals surface area contributed by atoms with Crippen LogP contribution in [0.4, 0.5) is 10.5 Å². The fourth-order valence-electron chi connectivity index (χ4n) is 3.42. The van der Waals surface area contributed by atoms with E-state index >= 15 is 0 Å².